The first-order chi connectivity index (χ1) is 9.38. The highest BCUT2D eigenvalue weighted by atomic mass is 79.9. The van der Waals surface area contributed by atoms with Crippen molar-refractivity contribution in [2.75, 3.05) is 6.26 Å². The molecule has 0 amide bonds. The zero-order valence-electron chi connectivity index (χ0n) is 10.8. The molecule has 5 heteroatoms. The Labute approximate surface area is 126 Å². The molecule has 20 heavy (non-hydrogen) atoms. The van der Waals surface area contributed by atoms with Crippen LogP contribution in [0, 0.1) is 0 Å². The average molecular weight is 353 g/mol. The smallest absolute Gasteiger partial charge is 0.175 e. The molecule has 0 aliphatic heterocycles. The Morgan fingerprint density at radius 1 is 1.05 bits per heavy atom. The van der Waals surface area contributed by atoms with Crippen LogP contribution < -0.4 is 0 Å². The molecular weight excluding hydrogens is 340 g/mol. The summed E-state index contributed by atoms with van der Waals surface area (Å²) >= 11 is 3.40. The van der Waals surface area contributed by atoms with Gasteiger partial charge in [-0.1, -0.05) is 46.3 Å². The molecule has 0 heterocycles. The Balaban J connectivity index is 2.20. The van der Waals surface area contributed by atoms with Crippen molar-refractivity contribution in [3.63, 3.8) is 0 Å². The molecule has 0 saturated heterocycles. The number of sulfone groups is 1. The minimum Gasteiger partial charge on any atom is -0.294 e. The third-order valence-corrected chi connectivity index (χ3v) is 4.82. The van der Waals surface area contributed by atoms with E-state index in [1.807, 2.05) is 24.3 Å². The fourth-order valence-corrected chi connectivity index (χ4v) is 2.86. The predicted octanol–water partition coefficient (Wildman–Crippen LogP) is 3.28. The molecule has 0 aromatic heterocycles. The number of rotatable bonds is 4. The molecule has 2 aromatic carbocycles. The first-order valence-electron chi connectivity index (χ1n) is 5.94. The maximum Gasteiger partial charge on any atom is 0.175 e. The Kier molecular flexibility index (Phi) is 4.40. The van der Waals surface area contributed by atoms with Crippen molar-refractivity contribution in [2.45, 2.75) is 11.3 Å². The number of ketones is 1. The molecule has 0 saturated carbocycles. The monoisotopic (exact) mass is 352 g/mol. The van der Waals surface area contributed by atoms with E-state index in [-0.39, 0.29) is 17.1 Å². The number of benzene rings is 2. The lowest BCUT2D eigenvalue weighted by atomic mass is 10.0. The van der Waals surface area contributed by atoms with Gasteiger partial charge in [-0.3, -0.25) is 4.79 Å². The molecule has 2 rings (SSSR count). The van der Waals surface area contributed by atoms with Crippen LogP contribution >= 0.6 is 15.9 Å². The number of hydrogen-bond donors (Lipinski definition) is 0. The molecular formula is C15H13BrO3S. The van der Waals surface area contributed by atoms with E-state index in [4.69, 9.17) is 0 Å². The van der Waals surface area contributed by atoms with Crippen molar-refractivity contribution < 1.29 is 13.2 Å². The van der Waals surface area contributed by atoms with Crippen LogP contribution in [-0.4, -0.2) is 20.5 Å². The van der Waals surface area contributed by atoms with Gasteiger partial charge >= 0.3 is 0 Å². The Morgan fingerprint density at radius 3 is 2.20 bits per heavy atom. The van der Waals surface area contributed by atoms with E-state index in [0.29, 0.717) is 5.56 Å². The summed E-state index contributed by atoms with van der Waals surface area (Å²) in [7, 11) is -3.23. The van der Waals surface area contributed by atoms with Crippen molar-refractivity contribution in [1.29, 1.82) is 0 Å². The maximum atomic E-state index is 12.2. The van der Waals surface area contributed by atoms with Gasteiger partial charge in [-0.25, -0.2) is 8.42 Å². The number of halogens is 1. The Morgan fingerprint density at radius 2 is 1.65 bits per heavy atom. The molecule has 3 nitrogen and oxygen atoms in total. The minimum absolute atomic E-state index is 0.0445. The Hall–Kier alpha value is -1.46. The molecule has 0 atom stereocenters. The second kappa shape index (κ2) is 5.89. The molecule has 0 aliphatic carbocycles. The molecule has 0 fully saturated rings. The van der Waals surface area contributed by atoms with E-state index < -0.39 is 9.84 Å². The van der Waals surface area contributed by atoms with E-state index in [9.17, 15) is 13.2 Å². The van der Waals surface area contributed by atoms with Crippen LogP contribution in [0.15, 0.2) is 57.9 Å². The van der Waals surface area contributed by atoms with Crippen molar-refractivity contribution in [3.05, 3.63) is 64.1 Å². The lowest BCUT2D eigenvalue weighted by molar-refractivity contribution is 0.0992. The van der Waals surface area contributed by atoms with Gasteiger partial charge in [0.1, 0.15) is 0 Å². The van der Waals surface area contributed by atoms with Crippen LogP contribution in [0.5, 0.6) is 0 Å². The van der Waals surface area contributed by atoms with Gasteiger partial charge in [-0.2, -0.15) is 0 Å². The van der Waals surface area contributed by atoms with E-state index in [0.717, 1.165) is 16.3 Å². The highest BCUT2D eigenvalue weighted by Crippen LogP contribution is 2.19. The van der Waals surface area contributed by atoms with E-state index in [2.05, 4.69) is 15.9 Å². The molecule has 0 aliphatic rings. The zero-order valence-corrected chi connectivity index (χ0v) is 13.2. The van der Waals surface area contributed by atoms with Gasteiger partial charge in [-0.05, 0) is 23.8 Å². The van der Waals surface area contributed by atoms with Crippen molar-refractivity contribution in [2.24, 2.45) is 0 Å². The molecule has 0 bridgehead atoms. The molecule has 0 unspecified atom stereocenters. The van der Waals surface area contributed by atoms with E-state index in [1.165, 1.54) is 12.1 Å². The molecule has 0 N–H and O–H groups in total. The van der Waals surface area contributed by atoms with Gasteiger partial charge < -0.3 is 0 Å². The number of hydrogen-bond acceptors (Lipinski definition) is 3. The Bertz CT molecular complexity index is 734. The summed E-state index contributed by atoms with van der Waals surface area (Å²) < 4.78 is 23.6. The normalized spacial score (nSPS) is 11.3. The van der Waals surface area contributed by atoms with E-state index in [1.54, 1.807) is 12.1 Å². The van der Waals surface area contributed by atoms with Crippen molar-refractivity contribution in [3.8, 4) is 0 Å². The SMILES string of the molecule is CS(=O)(=O)c1ccc(C(=O)Cc2ccccc2Br)cc1. The summed E-state index contributed by atoms with van der Waals surface area (Å²) in [5, 5.41) is 0. The maximum absolute atomic E-state index is 12.2. The number of carbonyl (C=O) groups excluding carboxylic acids is 1. The van der Waals surface area contributed by atoms with Crippen LogP contribution in [0.1, 0.15) is 15.9 Å². The topological polar surface area (TPSA) is 51.2 Å². The summed E-state index contributed by atoms with van der Waals surface area (Å²) in [5.74, 6) is -0.0445. The largest absolute Gasteiger partial charge is 0.294 e. The number of Topliss-reactive ketones (excluding diaryl/α,β-unsaturated/α-hetero) is 1. The zero-order chi connectivity index (χ0) is 14.8. The summed E-state index contributed by atoms with van der Waals surface area (Å²) in [5.41, 5.74) is 1.41. The van der Waals surface area contributed by atoms with E-state index >= 15 is 0 Å². The summed E-state index contributed by atoms with van der Waals surface area (Å²) in [6.07, 6.45) is 1.42. The van der Waals surface area contributed by atoms with Gasteiger partial charge in [0.25, 0.3) is 0 Å². The van der Waals surface area contributed by atoms with Gasteiger partial charge in [0, 0.05) is 22.7 Å². The third-order valence-electron chi connectivity index (χ3n) is 2.91. The lowest BCUT2D eigenvalue weighted by Crippen LogP contribution is -2.05. The van der Waals surface area contributed by atoms with Crippen LogP contribution in [-0.2, 0) is 16.3 Å². The summed E-state index contributed by atoms with van der Waals surface area (Å²) in [6.45, 7) is 0. The van der Waals surface area contributed by atoms with Gasteiger partial charge in [0.2, 0.25) is 0 Å². The predicted molar refractivity (Wildman–Crippen MR) is 81.7 cm³/mol. The average Bonchev–Trinajstić information content (AvgIpc) is 2.40. The molecule has 104 valence electrons. The van der Waals surface area contributed by atoms with Gasteiger partial charge in [0.15, 0.2) is 15.6 Å². The van der Waals surface area contributed by atoms with Crippen LogP contribution in [0.25, 0.3) is 0 Å². The minimum atomic E-state index is -3.23. The first kappa shape index (κ1) is 14.9. The second-order valence-electron chi connectivity index (χ2n) is 4.49. The van der Waals surface area contributed by atoms with Crippen molar-refractivity contribution in [1.82, 2.24) is 0 Å². The molecule has 0 spiro atoms. The highest BCUT2D eigenvalue weighted by Gasteiger charge is 2.11. The molecule has 0 radical (unpaired) electrons. The van der Waals surface area contributed by atoms with Crippen LogP contribution in [0.4, 0.5) is 0 Å². The quantitative estimate of drug-likeness (QED) is 0.793. The summed E-state index contributed by atoms with van der Waals surface area (Å²) in [4.78, 5) is 12.4. The lowest BCUT2D eigenvalue weighted by Gasteiger charge is -2.05. The van der Waals surface area contributed by atoms with Crippen LogP contribution in [0.3, 0.4) is 0 Å². The van der Waals surface area contributed by atoms with Crippen LogP contribution in [0.2, 0.25) is 0 Å². The first-order valence-corrected chi connectivity index (χ1v) is 8.63. The van der Waals surface area contributed by atoms with Gasteiger partial charge in [0.05, 0.1) is 4.90 Å². The third kappa shape index (κ3) is 3.55. The van der Waals surface area contributed by atoms with Crippen molar-refractivity contribution >= 4 is 31.6 Å². The van der Waals surface area contributed by atoms with Gasteiger partial charge in [-0.15, -0.1) is 0 Å². The second-order valence-corrected chi connectivity index (χ2v) is 7.36. The fourth-order valence-electron chi connectivity index (χ4n) is 1.80. The number of carbonyl (C=O) groups is 1. The highest BCUT2D eigenvalue weighted by molar-refractivity contribution is 9.10. The standard InChI is InChI=1S/C15H13BrO3S/c1-20(18,19)13-8-6-11(7-9-13)15(17)10-12-4-2-3-5-14(12)16/h2-9H,10H2,1H3. The molecule has 2 aromatic rings. The fraction of sp³-hybridized carbons (Fsp3) is 0.133. The summed E-state index contributed by atoms with van der Waals surface area (Å²) in [6, 6.07) is 13.6.